The maximum Gasteiger partial charge on any atom is 0.0604 e. The number of rotatable bonds is 4. The average Bonchev–Trinajstić information content (AvgIpc) is 3.85. The Kier molecular flexibility index (Phi) is 6.83. The molecule has 1 nitrogen and oxygen atoms in total. The van der Waals surface area contributed by atoms with Gasteiger partial charge in [-0.1, -0.05) is 138 Å². The van der Waals surface area contributed by atoms with Crippen LogP contribution in [0.5, 0.6) is 0 Å². The van der Waals surface area contributed by atoms with E-state index in [4.69, 9.17) is 0 Å². The first-order chi connectivity index (χ1) is 28.4. The molecule has 2 bridgehead atoms. The summed E-state index contributed by atoms with van der Waals surface area (Å²) in [6.45, 7) is 14.7. The fourth-order valence-electron chi connectivity index (χ4n) is 15.1. The fourth-order valence-corrected chi connectivity index (χ4v) is 16.4. The highest BCUT2D eigenvalue weighted by atomic mass is 32.2. The lowest BCUT2D eigenvalue weighted by molar-refractivity contribution is -0.235. The van der Waals surface area contributed by atoms with Crippen molar-refractivity contribution in [3.8, 4) is 22.3 Å². The van der Waals surface area contributed by atoms with Gasteiger partial charge >= 0.3 is 0 Å². The van der Waals surface area contributed by atoms with E-state index in [2.05, 4.69) is 186 Å². The Labute approximate surface area is 355 Å². The minimum absolute atomic E-state index is 0.0670. The molecule has 4 fully saturated rings. The van der Waals surface area contributed by atoms with Crippen molar-refractivity contribution >= 4 is 28.8 Å². The van der Waals surface area contributed by atoms with Crippen LogP contribution < -0.4 is 4.90 Å². The molecule has 7 aliphatic rings. The Morgan fingerprint density at radius 1 is 0.525 bits per heavy atom. The number of hydrogen-bond acceptors (Lipinski definition) is 2. The molecule has 4 saturated carbocycles. The highest BCUT2D eigenvalue weighted by molar-refractivity contribution is 7.99. The number of hydrogen-bond donors (Lipinski definition) is 0. The lowest BCUT2D eigenvalue weighted by Crippen LogP contribution is -2.74. The van der Waals surface area contributed by atoms with Gasteiger partial charge in [0.25, 0.3) is 0 Å². The van der Waals surface area contributed by atoms with Crippen LogP contribution >= 0.6 is 11.8 Å². The quantitative estimate of drug-likeness (QED) is 0.175. The molecule has 0 amide bonds. The first-order valence-corrected chi connectivity index (χ1v) is 23.5. The molecule has 0 radical (unpaired) electrons. The van der Waals surface area contributed by atoms with E-state index in [0.717, 1.165) is 23.7 Å². The van der Waals surface area contributed by atoms with Gasteiger partial charge in [-0.25, -0.2) is 0 Å². The highest BCUT2D eigenvalue weighted by Gasteiger charge is 2.84. The van der Waals surface area contributed by atoms with Crippen LogP contribution in [0.4, 0.5) is 17.1 Å². The van der Waals surface area contributed by atoms with E-state index >= 15 is 0 Å². The molecule has 59 heavy (non-hydrogen) atoms. The average molecular weight is 786 g/mol. The third-order valence-electron chi connectivity index (χ3n) is 17.9. The lowest BCUT2D eigenvalue weighted by atomic mass is 9.26. The van der Waals surface area contributed by atoms with Crippen molar-refractivity contribution < 1.29 is 0 Å². The first kappa shape index (κ1) is 35.2. The summed E-state index contributed by atoms with van der Waals surface area (Å²) in [6.07, 6.45) is 8.19. The number of fused-ring (bicyclic) bond motifs is 11. The first-order valence-electron chi connectivity index (χ1n) is 22.6. The van der Waals surface area contributed by atoms with Crippen LogP contribution in [0.3, 0.4) is 0 Å². The number of benzene rings is 6. The van der Waals surface area contributed by atoms with Crippen molar-refractivity contribution in [3.05, 3.63) is 161 Å². The largest absolute Gasteiger partial charge is 0.309 e. The molecular weight excluding hydrogens is 731 g/mol. The molecule has 294 valence electrons. The molecule has 0 saturated heterocycles. The maximum absolute atomic E-state index is 2.68. The molecule has 1 aliphatic heterocycles. The predicted molar refractivity (Wildman–Crippen MR) is 246 cm³/mol. The van der Waals surface area contributed by atoms with Gasteiger partial charge in [-0.15, -0.1) is 0 Å². The molecule has 0 N–H and O–H groups in total. The molecule has 6 aliphatic carbocycles. The molecule has 2 spiro atoms. The van der Waals surface area contributed by atoms with Gasteiger partial charge in [-0.05, 0) is 177 Å². The summed E-state index contributed by atoms with van der Waals surface area (Å²) in [6, 6.07) is 50.2. The second kappa shape index (κ2) is 11.4. The van der Waals surface area contributed by atoms with E-state index in [1.165, 1.54) is 110 Å². The van der Waals surface area contributed by atoms with E-state index in [1.807, 2.05) is 0 Å². The summed E-state index contributed by atoms with van der Waals surface area (Å²) < 4.78 is 0. The Morgan fingerprint density at radius 3 is 2.03 bits per heavy atom. The molecule has 6 aromatic rings. The van der Waals surface area contributed by atoms with E-state index in [1.54, 1.807) is 11.1 Å². The third kappa shape index (κ3) is 4.30. The van der Waals surface area contributed by atoms with Gasteiger partial charge in [0.1, 0.15) is 0 Å². The van der Waals surface area contributed by atoms with Crippen molar-refractivity contribution in [2.75, 3.05) is 4.90 Å². The molecule has 2 heteroatoms. The van der Waals surface area contributed by atoms with Crippen molar-refractivity contribution in [1.82, 2.24) is 0 Å². The Morgan fingerprint density at radius 2 is 1.22 bits per heavy atom. The smallest absolute Gasteiger partial charge is 0.0604 e. The van der Waals surface area contributed by atoms with E-state index in [0.29, 0.717) is 5.41 Å². The SMILES string of the molecule is CC1(C)CCC(C)(C)c2cc(N(c3ccc4c(c3)C(C)(C)c3ccccc3-4)c3cccc4c3Sc3ccc(-c5ccccc5)cc3C43C4CC5CC6CC3C64C5)ccc21. The van der Waals surface area contributed by atoms with Crippen molar-refractivity contribution in [2.45, 2.75) is 112 Å². The van der Waals surface area contributed by atoms with Crippen LogP contribution in [0, 0.1) is 29.1 Å². The van der Waals surface area contributed by atoms with Crippen LogP contribution in [0.2, 0.25) is 0 Å². The van der Waals surface area contributed by atoms with Gasteiger partial charge in [0.2, 0.25) is 0 Å². The molecule has 6 aromatic carbocycles. The number of nitrogens with zero attached hydrogens (tertiary/aromatic N) is 1. The van der Waals surface area contributed by atoms with Crippen LogP contribution in [-0.4, -0.2) is 0 Å². The number of anilines is 3. The fraction of sp³-hybridized carbons (Fsp3) is 0.368. The molecule has 1 heterocycles. The lowest BCUT2D eigenvalue weighted by Gasteiger charge is -2.78. The zero-order valence-electron chi connectivity index (χ0n) is 35.5. The van der Waals surface area contributed by atoms with E-state index in [-0.39, 0.29) is 21.7 Å². The van der Waals surface area contributed by atoms with E-state index in [9.17, 15) is 0 Å². The Bertz CT molecular complexity index is 2790. The third-order valence-corrected chi connectivity index (χ3v) is 19.1. The second-order valence-electron chi connectivity index (χ2n) is 21.6. The normalized spacial score (nSPS) is 29.6. The molecule has 13 rings (SSSR count). The van der Waals surface area contributed by atoms with Crippen molar-refractivity contribution in [3.63, 3.8) is 0 Å². The minimum Gasteiger partial charge on any atom is -0.309 e. The molecule has 0 aromatic heterocycles. The topological polar surface area (TPSA) is 3.24 Å². The molecule has 6 atom stereocenters. The zero-order valence-corrected chi connectivity index (χ0v) is 36.3. The molecule has 6 unspecified atom stereocenters. The minimum atomic E-state index is -0.0808. The summed E-state index contributed by atoms with van der Waals surface area (Å²) in [7, 11) is 0. The Hall–Kier alpha value is -4.53. The zero-order chi connectivity index (χ0) is 39.8. The van der Waals surface area contributed by atoms with Crippen LogP contribution in [0.25, 0.3) is 22.3 Å². The van der Waals surface area contributed by atoms with Gasteiger partial charge in [-0.2, -0.15) is 0 Å². The summed E-state index contributed by atoms with van der Waals surface area (Å²) >= 11 is 2.06. The Balaban J connectivity index is 1.05. The van der Waals surface area contributed by atoms with Gasteiger partial charge in [-0.3, -0.25) is 0 Å². The highest BCUT2D eigenvalue weighted by Crippen LogP contribution is 2.89. The van der Waals surface area contributed by atoms with Crippen molar-refractivity contribution in [1.29, 1.82) is 0 Å². The van der Waals surface area contributed by atoms with Crippen LogP contribution in [-0.2, 0) is 21.7 Å². The summed E-state index contributed by atoms with van der Waals surface area (Å²) in [4.78, 5) is 5.64. The van der Waals surface area contributed by atoms with Crippen LogP contribution in [0.15, 0.2) is 137 Å². The van der Waals surface area contributed by atoms with Crippen LogP contribution in [0.1, 0.15) is 113 Å². The van der Waals surface area contributed by atoms with Gasteiger partial charge < -0.3 is 4.90 Å². The predicted octanol–water partition coefficient (Wildman–Crippen LogP) is 15.3. The second-order valence-corrected chi connectivity index (χ2v) is 22.7. The van der Waals surface area contributed by atoms with Gasteiger partial charge in [0.15, 0.2) is 0 Å². The summed E-state index contributed by atoms with van der Waals surface area (Å²) in [5, 5.41) is 0. The van der Waals surface area contributed by atoms with Crippen molar-refractivity contribution in [2.24, 2.45) is 29.1 Å². The molecular formula is C57H55NS. The maximum atomic E-state index is 2.68. The standard InChI is InChI=1S/C57H55NS/c1-53(2)25-26-54(3,4)46-32-39(21-23-43(46)53)58(38-20-22-41-40-15-10-11-16-42(40)55(5,6)45(41)31-38)48-18-12-17-44-52(48)59-49-24-19-36(35-13-8-7-9-14-35)29-47(49)57(44)50-28-34-27-37-30-51(57)56(37,50)33-34/h7-24,29,31-32,34,37,50-51H,25-28,30,33H2,1-6H3. The summed E-state index contributed by atoms with van der Waals surface area (Å²) in [5.41, 5.74) is 19.3. The van der Waals surface area contributed by atoms with Gasteiger partial charge in [0.05, 0.1) is 5.69 Å². The van der Waals surface area contributed by atoms with E-state index < -0.39 is 0 Å². The van der Waals surface area contributed by atoms with Gasteiger partial charge in [0, 0.05) is 32.0 Å². The summed E-state index contributed by atoms with van der Waals surface area (Å²) in [5.74, 6) is 3.32. The monoisotopic (exact) mass is 785 g/mol.